The van der Waals surface area contributed by atoms with Gasteiger partial charge in [0.2, 0.25) is 0 Å². The number of halogens is 1. The average molecular weight is 390 g/mol. The zero-order valence-corrected chi connectivity index (χ0v) is 16.7. The molecule has 0 saturated heterocycles. The molecule has 4 rings (SSSR count). The zero-order chi connectivity index (χ0) is 19.8. The zero-order valence-electron chi connectivity index (χ0n) is 16.0. The van der Waals surface area contributed by atoms with Crippen LogP contribution >= 0.6 is 11.6 Å². The number of carbonyl (C=O) groups is 1. The summed E-state index contributed by atoms with van der Waals surface area (Å²) in [6, 6.07) is 19.0. The number of nitrogens with zero attached hydrogens (tertiary/aromatic N) is 2. The number of anilines is 1. The number of imidazole rings is 1. The second-order valence-corrected chi connectivity index (χ2v) is 7.34. The molecule has 0 fully saturated rings. The summed E-state index contributed by atoms with van der Waals surface area (Å²) in [5, 5.41) is 3.62. The highest BCUT2D eigenvalue weighted by Gasteiger charge is 2.15. The largest absolute Gasteiger partial charge is 0.327 e. The smallest absolute Gasteiger partial charge is 0.255 e. The number of fused-ring (bicyclic) bond motifs is 1. The highest BCUT2D eigenvalue weighted by atomic mass is 35.5. The number of hydrogen-bond acceptors (Lipinski definition) is 2. The van der Waals surface area contributed by atoms with Crippen LogP contribution in [-0.4, -0.2) is 15.5 Å². The van der Waals surface area contributed by atoms with Gasteiger partial charge in [0.05, 0.1) is 16.1 Å². The van der Waals surface area contributed by atoms with Crippen molar-refractivity contribution in [2.75, 3.05) is 5.32 Å². The van der Waals surface area contributed by atoms with E-state index in [2.05, 4.69) is 5.32 Å². The fraction of sp³-hybridized carbons (Fsp3) is 0.130. The highest BCUT2D eigenvalue weighted by Crippen LogP contribution is 2.29. The third kappa shape index (κ3) is 3.27. The van der Waals surface area contributed by atoms with Gasteiger partial charge in [0, 0.05) is 23.9 Å². The van der Waals surface area contributed by atoms with Gasteiger partial charge in [-0.3, -0.25) is 4.79 Å². The second kappa shape index (κ2) is 7.13. The molecule has 1 heterocycles. The summed E-state index contributed by atoms with van der Waals surface area (Å²) in [7, 11) is 1.93. The lowest BCUT2D eigenvalue weighted by atomic mass is 10.1. The molecule has 5 heteroatoms. The number of benzene rings is 3. The molecule has 0 atom stereocenters. The maximum atomic E-state index is 12.7. The van der Waals surface area contributed by atoms with Crippen molar-refractivity contribution in [2.45, 2.75) is 13.8 Å². The van der Waals surface area contributed by atoms with E-state index < -0.39 is 0 Å². The normalized spacial score (nSPS) is 11.0. The van der Waals surface area contributed by atoms with Gasteiger partial charge in [0.15, 0.2) is 0 Å². The first kappa shape index (κ1) is 18.3. The summed E-state index contributed by atoms with van der Waals surface area (Å²) >= 11 is 6.34. The Bertz CT molecular complexity index is 1210. The Hall–Kier alpha value is -3.11. The molecule has 0 aliphatic rings. The SMILES string of the molecule is Cc1ccc(NC(=O)c2ccc3nc(-c4ccccc4Cl)n(C)c3c2)cc1C. The van der Waals surface area contributed by atoms with Gasteiger partial charge in [-0.1, -0.05) is 29.8 Å². The van der Waals surface area contributed by atoms with Gasteiger partial charge < -0.3 is 9.88 Å². The number of nitrogens with one attached hydrogen (secondary N) is 1. The van der Waals surface area contributed by atoms with Crippen LogP contribution < -0.4 is 5.32 Å². The van der Waals surface area contributed by atoms with Crippen molar-refractivity contribution < 1.29 is 4.79 Å². The Labute approximate surface area is 168 Å². The molecule has 1 aromatic heterocycles. The van der Waals surface area contributed by atoms with E-state index >= 15 is 0 Å². The average Bonchev–Trinajstić information content (AvgIpc) is 3.01. The van der Waals surface area contributed by atoms with E-state index in [1.165, 1.54) is 5.56 Å². The van der Waals surface area contributed by atoms with Gasteiger partial charge in [-0.2, -0.15) is 0 Å². The van der Waals surface area contributed by atoms with Crippen LogP contribution in [0.15, 0.2) is 60.7 Å². The number of aryl methyl sites for hydroxylation is 3. The fourth-order valence-electron chi connectivity index (χ4n) is 3.24. The molecule has 1 N–H and O–H groups in total. The van der Waals surface area contributed by atoms with E-state index in [-0.39, 0.29) is 5.91 Å². The predicted octanol–water partition coefficient (Wildman–Crippen LogP) is 5.76. The molecule has 0 spiro atoms. The fourth-order valence-corrected chi connectivity index (χ4v) is 3.46. The Kier molecular flexibility index (Phi) is 4.65. The summed E-state index contributed by atoms with van der Waals surface area (Å²) in [6.07, 6.45) is 0. The van der Waals surface area contributed by atoms with Crippen molar-refractivity contribution >= 4 is 34.2 Å². The maximum Gasteiger partial charge on any atom is 0.255 e. The van der Waals surface area contributed by atoms with E-state index in [9.17, 15) is 4.79 Å². The van der Waals surface area contributed by atoms with E-state index in [0.717, 1.165) is 33.7 Å². The molecule has 0 bridgehead atoms. The van der Waals surface area contributed by atoms with Gasteiger partial charge >= 0.3 is 0 Å². The number of hydrogen-bond donors (Lipinski definition) is 1. The van der Waals surface area contributed by atoms with E-state index in [4.69, 9.17) is 16.6 Å². The van der Waals surface area contributed by atoms with Gasteiger partial charge in [-0.25, -0.2) is 4.98 Å². The van der Waals surface area contributed by atoms with E-state index in [1.54, 1.807) is 6.07 Å². The van der Waals surface area contributed by atoms with Crippen molar-refractivity contribution in [3.8, 4) is 11.4 Å². The minimum atomic E-state index is -0.148. The number of aromatic nitrogens is 2. The van der Waals surface area contributed by atoms with Gasteiger partial charge in [-0.05, 0) is 67.4 Å². The minimum Gasteiger partial charge on any atom is -0.327 e. The predicted molar refractivity (Wildman–Crippen MR) is 115 cm³/mol. The molecule has 140 valence electrons. The van der Waals surface area contributed by atoms with Crippen molar-refractivity contribution in [1.82, 2.24) is 9.55 Å². The molecule has 4 aromatic rings. The minimum absolute atomic E-state index is 0.148. The van der Waals surface area contributed by atoms with Crippen molar-refractivity contribution in [3.63, 3.8) is 0 Å². The van der Waals surface area contributed by atoms with E-state index in [0.29, 0.717) is 10.6 Å². The Morgan fingerprint density at radius 1 is 1.00 bits per heavy atom. The van der Waals surface area contributed by atoms with Crippen LogP contribution in [0.5, 0.6) is 0 Å². The lowest BCUT2D eigenvalue weighted by molar-refractivity contribution is 0.102. The maximum absolute atomic E-state index is 12.7. The van der Waals surface area contributed by atoms with Crippen LogP contribution in [0.25, 0.3) is 22.4 Å². The molecule has 0 aliphatic carbocycles. The second-order valence-electron chi connectivity index (χ2n) is 6.93. The molecule has 0 unspecified atom stereocenters. The summed E-state index contributed by atoms with van der Waals surface area (Å²) in [6.45, 7) is 4.08. The van der Waals surface area contributed by atoms with Crippen molar-refractivity contribution in [1.29, 1.82) is 0 Å². The van der Waals surface area contributed by atoms with Crippen LogP contribution in [0, 0.1) is 13.8 Å². The molecule has 0 saturated carbocycles. The molecular formula is C23H20ClN3O. The molecule has 3 aromatic carbocycles. The number of amides is 1. The molecular weight excluding hydrogens is 370 g/mol. The standard InChI is InChI=1S/C23H20ClN3O/c1-14-8-10-17(12-15(14)2)25-23(28)16-9-11-20-21(13-16)27(3)22(26-20)18-6-4-5-7-19(18)24/h4-13H,1-3H3,(H,25,28). The van der Waals surface area contributed by atoms with Crippen LogP contribution in [0.3, 0.4) is 0 Å². The van der Waals surface area contributed by atoms with Crippen molar-refractivity contribution in [2.24, 2.45) is 7.05 Å². The third-order valence-corrected chi connectivity index (χ3v) is 5.35. The highest BCUT2D eigenvalue weighted by molar-refractivity contribution is 6.33. The van der Waals surface area contributed by atoms with E-state index in [1.807, 2.05) is 80.1 Å². The lowest BCUT2D eigenvalue weighted by Crippen LogP contribution is -2.12. The Morgan fingerprint density at radius 2 is 1.79 bits per heavy atom. The third-order valence-electron chi connectivity index (χ3n) is 5.02. The molecule has 4 nitrogen and oxygen atoms in total. The van der Waals surface area contributed by atoms with Gasteiger partial charge in [-0.15, -0.1) is 0 Å². The first-order valence-electron chi connectivity index (χ1n) is 9.04. The topological polar surface area (TPSA) is 46.9 Å². The first-order chi connectivity index (χ1) is 13.4. The number of carbonyl (C=O) groups excluding carboxylic acids is 1. The summed E-state index contributed by atoms with van der Waals surface area (Å²) in [5.74, 6) is 0.623. The summed E-state index contributed by atoms with van der Waals surface area (Å²) < 4.78 is 1.96. The van der Waals surface area contributed by atoms with Gasteiger partial charge in [0.25, 0.3) is 5.91 Å². The van der Waals surface area contributed by atoms with Crippen LogP contribution in [0.4, 0.5) is 5.69 Å². The lowest BCUT2D eigenvalue weighted by Gasteiger charge is -2.08. The van der Waals surface area contributed by atoms with Crippen LogP contribution in [-0.2, 0) is 7.05 Å². The monoisotopic (exact) mass is 389 g/mol. The Balaban J connectivity index is 1.69. The Morgan fingerprint density at radius 3 is 2.54 bits per heavy atom. The van der Waals surface area contributed by atoms with Crippen LogP contribution in [0.2, 0.25) is 5.02 Å². The summed E-state index contributed by atoms with van der Waals surface area (Å²) in [5.41, 5.74) is 6.27. The van der Waals surface area contributed by atoms with Gasteiger partial charge in [0.1, 0.15) is 5.82 Å². The number of rotatable bonds is 3. The molecule has 28 heavy (non-hydrogen) atoms. The molecule has 1 amide bonds. The quantitative estimate of drug-likeness (QED) is 0.484. The van der Waals surface area contributed by atoms with Crippen molar-refractivity contribution in [3.05, 3.63) is 82.4 Å². The van der Waals surface area contributed by atoms with Crippen LogP contribution in [0.1, 0.15) is 21.5 Å². The summed E-state index contributed by atoms with van der Waals surface area (Å²) in [4.78, 5) is 17.4. The first-order valence-corrected chi connectivity index (χ1v) is 9.42. The molecule has 0 aliphatic heterocycles. The molecule has 0 radical (unpaired) electrons.